The molecule has 2 bridgehead atoms. The van der Waals surface area contributed by atoms with Crippen molar-refractivity contribution in [3.8, 4) is 0 Å². The highest BCUT2D eigenvalue weighted by Crippen LogP contribution is 2.34. The smallest absolute Gasteiger partial charge is 0.411 e. The standard InChI is InChI=1S/C22H26N2O3/c1-14-5-6-16-9-15(7-8-20(16)23-14)17-10-18-12-26-13-19(11-17)24(18)21(25)27-22(2,3)4/h5-10,18-19H,11-13H2,1-4H3. The largest absolute Gasteiger partial charge is 0.444 e. The Morgan fingerprint density at radius 1 is 1.22 bits per heavy atom. The van der Waals surface area contributed by atoms with Gasteiger partial charge >= 0.3 is 6.09 Å². The number of carbonyl (C=O) groups excluding carboxylic acids is 1. The molecule has 1 saturated heterocycles. The summed E-state index contributed by atoms with van der Waals surface area (Å²) in [6.45, 7) is 8.74. The molecule has 1 fully saturated rings. The van der Waals surface area contributed by atoms with Crippen LogP contribution in [0.1, 0.15) is 38.4 Å². The molecule has 2 aromatic rings. The molecule has 0 radical (unpaired) electrons. The summed E-state index contributed by atoms with van der Waals surface area (Å²) in [6.07, 6.45) is 2.66. The minimum Gasteiger partial charge on any atom is -0.444 e. The Labute approximate surface area is 160 Å². The Morgan fingerprint density at radius 2 is 2.04 bits per heavy atom. The van der Waals surface area contributed by atoms with Crippen LogP contribution >= 0.6 is 0 Å². The predicted octanol–water partition coefficient (Wildman–Crippen LogP) is 4.33. The molecule has 0 saturated carbocycles. The molecule has 1 aromatic heterocycles. The number of benzene rings is 1. The molecule has 27 heavy (non-hydrogen) atoms. The summed E-state index contributed by atoms with van der Waals surface area (Å²) in [5.74, 6) is 0. The van der Waals surface area contributed by atoms with E-state index in [1.807, 2.05) is 38.7 Å². The molecule has 0 spiro atoms. The number of pyridine rings is 1. The van der Waals surface area contributed by atoms with Crippen molar-refractivity contribution in [2.45, 2.75) is 51.8 Å². The molecule has 1 amide bonds. The van der Waals surface area contributed by atoms with Crippen LogP contribution < -0.4 is 0 Å². The fourth-order valence-corrected chi connectivity index (χ4v) is 3.84. The van der Waals surface area contributed by atoms with Crippen molar-refractivity contribution in [3.05, 3.63) is 47.7 Å². The summed E-state index contributed by atoms with van der Waals surface area (Å²) in [5.41, 5.74) is 3.98. The van der Waals surface area contributed by atoms with E-state index in [9.17, 15) is 4.79 Å². The number of rotatable bonds is 1. The zero-order chi connectivity index (χ0) is 19.2. The van der Waals surface area contributed by atoms with Crippen LogP contribution in [0.15, 0.2) is 36.4 Å². The number of aromatic nitrogens is 1. The number of hydrogen-bond acceptors (Lipinski definition) is 4. The number of nitrogens with zero attached hydrogens (tertiary/aromatic N) is 2. The first-order valence-electron chi connectivity index (χ1n) is 9.48. The molecule has 1 aromatic carbocycles. The highest BCUT2D eigenvalue weighted by Gasteiger charge is 2.40. The van der Waals surface area contributed by atoms with Gasteiger partial charge in [0.2, 0.25) is 0 Å². The van der Waals surface area contributed by atoms with Crippen LogP contribution in [0.2, 0.25) is 0 Å². The molecule has 2 aliphatic heterocycles. The van der Waals surface area contributed by atoms with Crippen molar-refractivity contribution in [2.75, 3.05) is 13.2 Å². The summed E-state index contributed by atoms with van der Waals surface area (Å²) in [4.78, 5) is 19.1. The zero-order valence-electron chi connectivity index (χ0n) is 16.4. The second-order valence-electron chi connectivity index (χ2n) is 8.40. The number of hydrogen-bond donors (Lipinski definition) is 0. The number of carbonyl (C=O) groups is 1. The predicted molar refractivity (Wildman–Crippen MR) is 106 cm³/mol. The van der Waals surface area contributed by atoms with Gasteiger partial charge in [0.1, 0.15) is 5.60 Å². The average Bonchev–Trinajstić information content (AvgIpc) is 2.58. The fraction of sp³-hybridized carbons (Fsp3) is 0.455. The summed E-state index contributed by atoms with van der Waals surface area (Å²) in [5, 5.41) is 1.13. The molecule has 3 heterocycles. The van der Waals surface area contributed by atoms with E-state index in [-0.39, 0.29) is 18.2 Å². The minimum atomic E-state index is -0.500. The SMILES string of the molecule is Cc1ccc2cc(C3=CC4COCC(C3)N4C(=O)OC(C)(C)C)ccc2n1. The second kappa shape index (κ2) is 6.64. The van der Waals surface area contributed by atoms with Crippen LogP contribution in [0.4, 0.5) is 4.79 Å². The van der Waals surface area contributed by atoms with Gasteiger partial charge in [-0.05, 0) is 63.5 Å². The Hall–Kier alpha value is -2.40. The molecule has 0 N–H and O–H groups in total. The van der Waals surface area contributed by atoms with Gasteiger partial charge in [-0.1, -0.05) is 18.2 Å². The lowest BCUT2D eigenvalue weighted by molar-refractivity contribution is -0.0510. The maximum atomic E-state index is 12.7. The van der Waals surface area contributed by atoms with Crippen molar-refractivity contribution in [1.82, 2.24) is 9.88 Å². The summed E-state index contributed by atoms with van der Waals surface area (Å²) >= 11 is 0. The first kappa shape index (κ1) is 18.0. The van der Waals surface area contributed by atoms with Crippen molar-refractivity contribution in [1.29, 1.82) is 0 Å². The third kappa shape index (κ3) is 3.69. The second-order valence-corrected chi connectivity index (χ2v) is 8.40. The van der Waals surface area contributed by atoms with Gasteiger partial charge in [0.25, 0.3) is 0 Å². The highest BCUT2D eigenvalue weighted by molar-refractivity contribution is 5.84. The topological polar surface area (TPSA) is 51.7 Å². The van der Waals surface area contributed by atoms with Crippen LogP contribution in [0.5, 0.6) is 0 Å². The van der Waals surface area contributed by atoms with E-state index in [1.54, 1.807) is 0 Å². The fourth-order valence-electron chi connectivity index (χ4n) is 3.84. The van der Waals surface area contributed by atoms with E-state index < -0.39 is 5.60 Å². The van der Waals surface area contributed by atoms with Crippen molar-refractivity contribution < 1.29 is 14.3 Å². The van der Waals surface area contributed by atoms with Crippen LogP contribution in [0.3, 0.4) is 0 Å². The molecular weight excluding hydrogens is 340 g/mol. The average molecular weight is 366 g/mol. The Bertz CT molecular complexity index is 913. The lowest BCUT2D eigenvalue weighted by Gasteiger charge is -2.44. The van der Waals surface area contributed by atoms with E-state index in [0.29, 0.717) is 13.2 Å². The minimum absolute atomic E-state index is 0.00504. The van der Waals surface area contributed by atoms with Crippen LogP contribution in [0.25, 0.3) is 16.5 Å². The third-order valence-electron chi connectivity index (χ3n) is 5.00. The van der Waals surface area contributed by atoms with Gasteiger partial charge in [-0.3, -0.25) is 9.88 Å². The van der Waals surface area contributed by atoms with Crippen LogP contribution in [-0.4, -0.2) is 46.9 Å². The Morgan fingerprint density at radius 3 is 2.78 bits per heavy atom. The summed E-state index contributed by atoms with van der Waals surface area (Å²) < 4.78 is 11.3. The summed E-state index contributed by atoms with van der Waals surface area (Å²) in [7, 11) is 0. The first-order chi connectivity index (χ1) is 12.8. The third-order valence-corrected chi connectivity index (χ3v) is 5.00. The molecule has 5 heteroatoms. The number of fused-ring (bicyclic) bond motifs is 3. The van der Waals surface area contributed by atoms with E-state index >= 15 is 0 Å². The monoisotopic (exact) mass is 366 g/mol. The maximum absolute atomic E-state index is 12.7. The Balaban J connectivity index is 1.64. The number of morpholine rings is 1. The van der Waals surface area contributed by atoms with E-state index in [0.717, 1.165) is 23.0 Å². The lowest BCUT2D eigenvalue weighted by Crippen LogP contribution is -2.57. The molecule has 5 nitrogen and oxygen atoms in total. The van der Waals surface area contributed by atoms with Crippen molar-refractivity contribution in [2.24, 2.45) is 0 Å². The number of ether oxygens (including phenoxy) is 2. The van der Waals surface area contributed by atoms with Gasteiger partial charge in [0, 0.05) is 11.1 Å². The Kier molecular flexibility index (Phi) is 4.42. The lowest BCUT2D eigenvalue weighted by atomic mass is 9.89. The normalized spacial score (nSPS) is 22.5. The summed E-state index contributed by atoms with van der Waals surface area (Å²) in [6, 6.07) is 10.5. The molecule has 2 aliphatic rings. The molecule has 2 unspecified atom stereocenters. The van der Waals surface area contributed by atoms with Gasteiger partial charge < -0.3 is 9.47 Å². The van der Waals surface area contributed by atoms with Gasteiger partial charge in [-0.2, -0.15) is 0 Å². The number of aryl methyl sites for hydroxylation is 1. The zero-order valence-corrected chi connectivity index (χ0v) is 16.4. The van der Waals surface area contributed by atoms with Crippen molar-refractivity contribution >= 4 is 22.6 Å². The van der Waals surface area contributed by atoms with E-state index in [1.165, 1.54) is 11.1 Å². The highest BCUT2D eigenvalue weighted by atomic mass is 16.6. The quantitative estimate of drug-likeness (QED) is 0.754. The van der Waals surface area contributed by atoms with Crippen LogP contribution in [-0.2, 0) is 9.47 Å². The molecule has 2 atom stereocenters. The molecule has 0 aliphatic carbocycles. The van der Waals surface area contributed by atoms with Gasteiger partial charge in [-0.15, -0.1) is 0 Å². The van der Waals surface area contributed by atoms with Gasteiger partial charge in [-0.25, -0.2) is 4.79 Å². The van der Waals surface area contributed by atoms with E-state index in [4.69, 9.17) is 9.47 Å². The van der Waals surface area contributed by atoms with Gasteiger partial charge in [0.15, 0.2) is 0 Å². The molecule has 4 rings (SSSR count). The first-order valence-corrected chi connectivity index (χ1v) is 9.48. The number of amides is 1. The molecule has 142 valence electrons. The van der Waals surface area contributed by atoms with Crippen LogP contribution in [0, 0.1) is 6.92 Å². The molecular formula is C22H26N2O3. The maximum Gasteiger partial charge on any atom is 0.411 e. The van der Waals surface area contributed by atoms with Crippen molar-refractivity contribution in [3.63, 3.8) is 0 Å². The van der Waals surface area contributed by atoms with Gasteiger partial charge in [0.05, 0.1) is 30.8 Å². The van der Waals surface area contributed by atoms with E-state index in [2.05, 4.69) is 35.3 Å².